The van der Waals surface area contributed by atoms with E-state index in [1.165, 1.54) is 6.92 Å². The number of carbonyl (C=O) groups is 1. The van der Waals surface area contributed by atoms with Gasteiger partial charge in [-0.3, -0.25) is 4.79 Å². The predicted molar refractivity (Wildman–Crippen MR) is 58.6 cm³/mol. The van der Waals surface area contributed by atoms with Crippen LogP contribution in [0, 0.1) is 21.8 Å². The Hall–Kier alpha value is -0.890. The number of Topliss-reactive ketones (excluding diaryl/α,β-unsaturated/α-hetero) is 1. The zero-order chi connectivity index (χ0) is 10.0. The van der Waals surface area contributed by atoms with E-state index >= 15 is 0 Å². The molecule has 13 heavy (non-hydrogen) atoms. The number of halogens is 1. The topological polar surface area (TPSA) is 40.9 Å². The summed E-state index contributed by atoms with van der Waals surface area (Å²) in [4.78, 5) is 11.2. The van der Waals surface area contributed by atoms with E-state index in [2.05, 4.69) is 22.6 Å². The number of hydrogen-bond donors (Lipinski definition) is 0. The Labute approximate surface area is 90.7 Å². The molecule has 0 heterocycles. The molecule has 0 spiro atoms. The van der Waals surface area contributed by atoms with Crippen molar-refractivity contribution in [3.63, 3.8) is 0 Å². The Kier molecular flexibility index (Phi) is 3.04. The highest BCUT2D eigenvalue weighted by atomic mass is 127. The van der Waals surface area contributed by atoms with Gasteiger partial charge in [-0.2, -0.15) is 5.26 Å². The van der Waals surface area contributed by atoms with E-state index in [0.717, 1.165) is 9.13 Å². The third-order valence-electron chi connectivity index (χ3n) is 1.76. The lowest BCUT2D eigenvalue weighted by Crippen LogP contribution is -1.99. The van der Waals surface area contributed by atoms with Crippen LogP contribution < -0.4 is 0 Å². The lowest BCUT2D eigenvalue weighted by molar-refractivity contribution is 0.101. The third kappa shape index (κ3) is 2.07. The Balaban J connectivity index is 3.44. The summed E-state index contributed by atoms with van der Waals surface area (Å²) in [6.07, 6.45) is 0. The zero-order valence-electron chi connectivity index (χ0n) is 7.39. The standard InChI is InChI=1S/C10H8INO/c1-6-3-8(5-12)4-9(7(2)13)10(6)11/h3-4H,1-2H3. The van der Waals surface area contributed by atoms with Gasteiger partial charge in [0.05, 0.1) is 11.6 Å². The van der Waals surface area contributed by atoms with Crippen molar-refractivity contribution in [3.8, 4) is 6.07 Å². The highest BCUT2D eigenvalue weighted by Crippen LogP contribution is 2.19. The summed E-state index contributed by atoms with van der Waals surface area (Å²) in [6, 6.07) is 5.46. The van der Waals surface area contributed by atoms with E-state index in [4.69, 9.17) is 5.26 Å². The molecule has 0 unspecified atom stereocenters. The first-order valence-electron chi connectivity index (χ1n) is 3.77. The van der Waals surface area contributed by atoms with E-state index in [0.29, 0.717) is 11.1 Å². The van der Waals surface area contributed by atoms with Crippen molar-refractivity contribution in [1.82, 2.24) is 0 Å². The Morgan fingerprint density at radius 1 is 1.54 bits per heavy atom. The second-order valence-corrected chi connectivity index (χ2v) is 3.90. The predicted octanol–water partition coefficient (Wildman–Crippen LogP) is 2.67. The first-order valence-corrected chi connectivity index (χ1v) is 4.85. The van der Waals surface area contributed by atoms with Crippen LogP contribution in [0.15, 0.2) is 12.1 Å². The van der Waals surface area contributed by atoms with Gasteiger partial charge in [0.2, 0.25) is 0 Å². The van der Waals surface area contributed by atoms with Crippen molar-refractivity contribution in [2.45, 2.75) is 13.8 Å². The van der Waals surface area contributed by atoms with E-state index in [1.54, 1.807) is 12.1 Å². The first-order chi connectivity index (χ1) is 6.06. The van der Waals surface area contributed by atoms with Gasteiger partial charge < -0.3 is 0 Å². The summed E-state index contributed by atoms with van der Waals surface area (Å²) in [5, 5.41) is 8.70. The molecule has 1 rings (SSSR count). The lowest BCUT2D eigenvalue weighted by atomic mass is 10.1. The monoisotopic (exact) mass is 285 g/mol. The maximum atomic E-state index is 11.2. The van der Waals surface area contributed by atoms with Crippen LogP contribution >= 0.6 is 22.6 Å². The van der Waals surface area contributed by atoms with Crippen LogP contribution in [0.1, 0.15) is 28.4 Å². The molecule has 1 aromatic rings. The van der Waals surface area contributed by atoms with Crippen LogP contribution in [0.5, 0.6) is 0 Å². The molecule has 0 aromatic heterocycles. The van der Waals surface area contributed by atoms with Gasteiger partial charge >= 0.3 is 0 Å². The minimum Gasteiger partial charge on any atom is -0.294 e. The average molecular weight is 285 g/mol. The second kappa shape index (κ2) is 3.88. The summed E-state index contributed by atoms with van der Waals surface area (Å²) in [5.41, 5.74) is 2.16. The van der Waals surface area contributed by atoms with Gasteiger partial charge in [0.15, 0.2) is 5.78 Å². The molecule has 0 saturated heterocycles. The van der Waals surface area contributed by atoms with E-state index in [-0.39, 0.29) is 5.78 Å². The number of ketones is 1. The van der Waals surface area contributed by atoms with E-state index in [1.807, 2.05) is 13.0 Å². The molecule has 0 bridgehead atoms. The molecule has 0 radical (unpaired) electrons. The van der Waals surface area contributed by atoms with Crippen molar-refractivity contribution >= 4 is 28.4 Å². The smallest absolute Gasteiger partial charge is 0.160 e. The fourth-order valence-electron chi connectivity index (χ4n) is 1.09. The fourth-order valence-corrected chi connectivity index (χ4v) is 1.78. The molecule has 3 heteroatoms. The highest BCUT2D eigenvalue weighted by Gasteiger charge is 2.08. The molecular formula is C10H8INO. The second-order valence-electron chi connectivity index (χ2n) is 2.82. The van der Waals surface area contributed by atoms with Gasteiger partial charge in [-0.25, -0.2) is 0 Å². The van der Waals surface area contributed by atoms with Crippen LogP contribution in [0.4, 0.5) is 0 Å². The number of benzene rings is 1. The summed E-state index contributed by atoms with van der Waals surface area (Å²) in [5.74, 6) is 0.00426. The van der Waals surface area contributed by atoms with Crippen molar-refractivity contribution in [2.24, 2.45) is 0 Å². The van der Waals surface area contributed by atoms with Crippen LogP contribution in [0.2, 0.25) is 0 Å². The Morgan fingerprint density at radius 3 is 2.62 bits per heavy atom. The minimum atomic E-state index is 0.00426. The summed E-state index contributed by atoms with van der Waals surface area (Å²) < 4.78 is 0.934. The molecule has 0 fully saturated rings. The lowest BCUT2D eigenvalue weighted by Gasteiger charge is -2.04. The van der Waals surface area contributed by atoms with E-state index < -0.39 is 0 Å². The van der Waals surface area contributed by atoms with E-state index in [9.17, 15) is 4.79 Å². The molecular weight excluding hydrogens is 277 g/mol. The quantitative estimate of drug-likeness (QED) is 0.588. The molecule has 0 aliphatic heterocycles. The molecule has 0 amide bonds. The normalized spacial score (nSPS) is 9.38. The number of nitriles is 1. The average Bonchev–Trinajstić information content (AvgIpc) is 2.09. The molecule has 0 aliphatic carbocycles. The van der Waals surface area contributed by atoms with Crippen molar-refractivity contribution in [3.05, 3.63) is 32.4 Å². The third-order valence-corrected chi connectivity index (χ3v) is 3.19. The van der Waals surface area contributed by atoms with Gasteiger partial charge in [-0.1, -0.05) is 0 Å². The number of nitrogens with zero attached hydrogens (tertiary/aromatic N) is 1. The number of carbonyl (C=O) groups excluding carboxylic acids is 1. The SMILES string of the molecule is CC(=O)c1cc(C#N)cc(C)c1I. The maximum Gasteiger partial charge on any atom is 0.160 e. The van der Waals surface area contributed by atoms with Gasteiger partial charge in [0.1, 0.15) is 0 Å². The van der Waals surface area contributed by atoms with Crippen molar-refractivity contribution in [1.29, 1.82) is 5.26 Å². The molecule has 0 saturated carbocycles. The zero-order valence-corrected chi connectivity index (χ0v) is 9.55. The van der Waals surface area contributed by atoms with Gasteiger partial charge in [-0.15, -0.1) is 0 Å². The van der Waals surface area contributed by atoms with Crippen LogP contribution in [-0.4, -0.2) is 5.78 Å². The number of rotatable bonds is 1. The van der Waals surface area contributed by atoms with Gasteiger partial charge in [0, 0.05) is 9.13 Å². The molecule has 2 nitrogen and oxygen atoms in total. The van der Waals surface area contributed by atoms with Crippen molar-refractivity contribution in [2.75, 3.05) is 0 Å². The molecule has 0 N–H and O–H groups in total. The van der Waals surface area contributed by atoms with Crippen LogP contribution in [0.25, 0.3) is 0 Å². The highest BCUT2D eigenvalue weighted by molar-refractivity contribution is 14.1. The first kappa shape index (κ1) is 10.2. The molecule has 0 atom stereocenters. The Morgan fingerprint density at radius 2 is 2.15 bits per heavy atom. The molecule has 1 aromatic carbocycles. The molecule has 66 valence electrons. The van der Waals surface area contributed by atoms with Crippen molar-refractivity contribution < 1.29 is 4.79 Å². The number of hydrogen-bond acceptors (Lipinski definition) is 2. The Bertz CT molecular complexity index is 404. The summed E-state index contributed by atoms with van der Waals surface area (Å²) in [7, 11) is 0. The van der Waals surface area contributed by atoms with Crippen LogP contribution in [-0.2, 0) is 0 Å². The number of aryl methyl sites for hydroxylation is 1. The summed E-state index contributed by atoms with van der Waals surface area (Å²) in [6.45, 7) is 3.41. The van der Waals surface area contributed by atoms with Gasteiger partial charge in [0.25, 0.3) is 0 Å². The maximum absolute atomic E-state index is 11.2. The van der Waals surface area contributed by atoms with Gasteiger partial charge in [-0.05, 0) is 54.1 Å². The minimum absolute atomic E-state index is 0.00426. The fraction of sp³-hybridized carbons (Fsp3) is 0.200. The largest absolute Gasteiger partial charge is 0.294 e. The van der Waals surface area contributed by atoms with Crippen LogP contribution in [0.3, 0.4) is 0 Å². The summed E-state index contributed by atoms with van der Waals surface area (Å²) >= 11 is 2.12. The molecule has 0 aliphatic rings.